The van der Waals surface area contributed by atoms with Gasteiger partial charge in [-0.05, 0) is 36.4 Å². The standard InChI is InChI=1S/C17H22ClN3O3S2.HI/c1-19-17(21(2)12-14-6-9-16(18)25-14)20-10-11-24-13-4-7-15(8-5-13)26(3,22)23;/h4-9H,10-12H2,1-3H3,(H,19,20);1H. The molecule has 0 spiro atoms. The Hall–Kier alpha value is -1.04. The van der Waals surface area contributed by atoms with Crippen molar-refractivity contribution >= 4 is 62.7 Å². The zero-order valence-electron chi connectivity index (χ0n) is 15.3. The van der Waals surface area contributed by atoms with Crippen LogP contribution in [0.4, 0.5) is 0 Å². The van der Waals surface area contributed by atoms with Crippen molar-refractivity contribution in [2.24, 2.45) is 4.99 Å². The van der Waals surface area contributed by atoms with Gasteiger partial charge in [-0.25, -0.2) is 8.42 Å². The average molecular weight is 544 g/mol. The molecule has 1 aromatic heterocycles. The Morgan fingerprint density at radius 2 is 1.93 bits per heavy atom. The van der Waals surface area contributed by atoms with E-state index in [-0.39, 0.29) is 28.9 Å². The highest BCUT2D eigenvalue weighted by Crippen LogP contribution is 2.22. The van der Waals surface area contributed by atoms with Crippen LogP contribution in [0.3, 0.4) is 0 Å². The molecular formula is C17H23ClIN3O3S2. The van der Waals surface area contributed by atoms with Crippen LogP contribution in [0.15, 0.2) is 46.3 Å². The maximum atomic E-state index is 11.4. The molecule has 150 valence electrons. The smallest absolute Gasteiger partial charge is 0.193 e. The molecule has 0 unspecified atom stereocenters. The van der Waals surface area contributed by atoms with Gasteiger partial charge >= 0.3 is 0 Å². The molecule has 0 aliphatic carbocycles. The van der Waals surface area contributed by atoms with E-state index in [9.17, 15) is 8.42 Å². The van der Waals surface area contributed by atoms with Crippen LogP contribution in [0.2, 0.25) is 4.34 Å². The molecule has 0 bridgehead atoms. The van der Waals surface area contributed by atoms with E-state index in [1.165, 1.54) is 18.4 Å². The van der Waals surface area contributed by atoms with Crippen molar-refractivity contribution < 1.29 is 13.2 Å². The van der Waals surface area contributed by atoms with E-state index in [1.54, 1.807) is 30.5 Å². The van der Waals surface area contributed by atoms with Gasteiger partial charge in [0, 0.05) is 25.2 Å². The van der Waals surface area contributed by atoms with Gasteiger partial charge in [-0.15, -0.1) is 35.3 Å². The summed E-state index contributed by atoms with van der Waals surface area (Å²) in [4.78, 5) is 7.69. The Balaban J connectivity index is 0.00000364. The number of rotatable bonds is 7. The number of nitrogens with one attached hydrogen (secondary N) is 1. The Bertz CT molecular complexity index is 855. The topological polar surface area (TPSA) is 71.0 Å². The van der Waals surface area contributed by atoms with Crippen molar-refractivity contribution in [1.29, 1.82) is 0 Å². The third-order valence-corrected chi connectivity index (χ3v) is 5.85. The van der Waals surface area contributed by atoms with E-state index < -0.39 is 9.84 Å². The number of benzene rings is 1. The molecule has 2 rings (SSSR count). The van der Waals surface area contributed by atoms with E-state index in [0.717, 1.165) is 15.2 Å². The summed E-state index contributed by atoms with van der Waals surface area (Å²) in [5, 5.41) is 3.23. The van der Waals surface area contributed by atoms with Crippen LogP contribution >= 0.6 is 46.9 Å². The Morgan fingerprint density at radius 1 is 1.26 bits per heavy atom. The molecule has 27 heavy (non-hydrogen) atoms. The number of hydrogen-bond acceptors (Lipinski definition) is 5. The highest BCUT2D eigenvalue weighted by molar-refractivity contribution is 14.0. The molecule has 0 amide bonds. The average Bonchev–Trinajstić information content (AvgIpc) is 2.99. The van der Waals surface area contributed by atoms with E-state index in [0.29, 0.717) is 25.4 Å². The van der Waals surface area contributed by atoms with Gasteiger partial charge in [0.15, 0.2) is 15.8 Å². The Kier molecular flexibility index (Phi) is 9.85. The first-order chi connectivity index (χ1) is 12.3. The van der Waals surface area contributed by atoms with Crippen LogP contribution in [-0.4, -0.2) is 52.8 Å². The van der Waals surface area contributed by atoms with Crippen LogP contribution in [0.1, 0.15) is 4.88 Å². The molecule has 0 saturated heterocycles. The van der Waals surface area contributed by atoms with Gasteiger partial charge in [0.05, 0.1) is 22.3 Å². The summed E-state index contributed by atoms with van der Waals surface area (Å²) in [7, 11) is 0.489. The lowest BCUT2D eigenvalue weighted by Gasteiger charge is -2.21. The number of guanidine groups is 1. The van der Waals surface area contributed by atoms with Crippen molar-refractivity contribution in [3.8, 4) is 5.75 Å². The second-order valence-corrected chi connectivity index (χ2v) is 9.44. The maximum Gasteiger partial charge on any atom is 0.193 e. The monoisotopic (exact) mass is 543 g/mol. The lowest BCUT2D eigenvalue weighted by atomic mass is 10.3. The summed E-state index contributed by atoms with van der Waals surface area (Å²) in [6.45, 7) is 1.71. The van der Waals surface area contributed by atoms with Gasteiger partial charge in [0.25, 0.3) is 0 Å². The fourth-order valence-electron chi connectivity index (χ4n) is 2.24. The summed E-state index contributed by atoms with van der Waals surface area (Å²) in [5.41, 5.74) is 0. The number of halogens is 2. The van der Waals surface area contributed by atoms with E-state index in [4.69, 9.17) is 16.3 Å². The number of thiophene rings is 1. The lowest BCUT2D eigenvalue weighted by Crippen LogP contribution is -2.40. The second-order valence-electron chi connectivity index (χ2n) is 5.63. The van der Waals surface area contributed by atoms with Gasteiger partial charge in [0.2, 0.25) is 0 Å². The second kappa shape index (κ2) is 11.1. The minimum Gasteiger partial charge on any atom is -0.492 e. The van der Waals surface area contributed by atoms with Gasteiger partial charge in [0.1, 0.15) is 12.4 Å². The Labute approximate surface area is 186 Å². The number of ether oxygens (including phenoxy) is 1. The first-order valence-electron chi connectivity index (χ1n) is 7.88. The molecule has 0 saturated carbocycles. The van der Waals surface area contributed by atoms with Gasteiger partial charge < -0.3 is 15.0 Å². The van der Waals surface area contributed by atoms with Crippen LogP contribution in [0.5, 0.6) is 5.75 Å². The predicted octanol–water partition coefficient (Wildman–Crippen LogP) is 3.51. The summed E-state index contributed by atoms with van der Waals surface area (Å²) in [5.74, 6) is 1.38. The molecule has 0 fully saturated rings. The molecule has 0 atom stereocenters. The molecule has 10 heteroatoms. The molecule has 1 aromatic carbocycles. The largest absolute Gasteiger partial charge is 0.492 e. The third kappa shape index (κ3) is 7.84. The van der Waals surface area contributed by atoms with Crippen molar-refractivity contribution in [3.05, 3.63) is 45.6 Å². The fourth-order valence-corrected chi connectivity index (χ4v) is 4.02. The zero-order chi connectivity index (χ0) is 19.2. The Morgan fingerprint density at radius 3 is 2.44 bits per heavy atom. The summed E-state index contributed by atoms with van der Waals surface area (Å²) < 4.78 is 29.3. The van der Waals surface area contributed by atoms with Crippen LogP contribution < -0.4 is 10.1 Å². The number of aliphatic imine (C=N–C) groups is 1. The molecule has 0 aliphatic heterocycles. The van der Waals surface area contributed by atoms with E-state index in [2.05, 4.69) is 10.3 Å². The number of hydrogen-bond donors (Lipinski definition) is 1. The summed E-state index contributed by atoms with van der Waals surface area (Å²) in [6.07, 6.45) is 1.18. The van der Waals surface area contributed by atoms with Crippen LogP contribution in [0, 0.1) is 0 Å². The molecule has 1 N–H and O–H groups in total. The normalized spacial score (nSPS) is 11.6. The summed E-state index contributed by atoms with van der Waals surface area (Å²) in [6, 6.07) is 10.3. The van der Waals surface area contributed by atoms with Crippen LogP contribution in [0.25, 0.3) is 0 Å². The van der Waals surface area contributed by atoms with E-state index in [1.807, 2.05) is 24.1 Å². The number of sulfone groups is 1. The van der Waals surface area contributed by atoms with Crippen molar-refractivity contribution in [2.45, 2.75) is 11.4 Å². The number of nitrogens with zero attached hydrogens (tertiary/aromatic N) is 2. The summed E-state index contributed by atoms with van der Waals surface area (Å²) >= 11 is 7.50. The fraction of sp³-hybridized carbons (Fsp3) is 0.353. The van der Waals surface area contributed by atoms with Crippen molar-refractivity contribution in [1.82, 2.24) is 10.2 Å². The first-order valence-corrected chi connectivity index (χ1v) is 11.0. The minimum atomic E-state index is -3.19. The SMILES string of the molecule is CN=C(NCCOc1ccc(S(C)(=O)=O)cc1)N(C)Cc1ccc(Cl)s1.I. The third-order valence-electron chi connectivity index (χ3n) is 3.50. The molecular weight excluding hydrogens is 521 g/mol. The van der Waals surface area contributed by atoms with E-state index >= 15 is 0 Å². The predicted molar refractivity (Wildman–Crippen MR) is 123 cm³/mol. The zero-order valence-corrected chi connectivity index (χ0v) is 20.0. The molecule has 0 aliphatic rings. The van der Waals surface area contributed by atoms with Gasteiger partial charge in [-0.2, -0.15) is 0 Å². The molecule has 2 aromatic rings. The highest BCUT2D eigenvalue weighted by atomic mass is 127. The maximum absolute atomic E-state index is 11.4. The quantitative estimate of drug-likeness (QED) is 0.251. The van der Waals surface area contributed by atoms with Gasteiger partial charge in [-0.3, -0.25) is 4.99 Å². The van der Waals surface area contributed by atoms with Crippen molar-refractivity contribution in [3.63, 3.8) is 0 Å². The minimum absolute atomic E-state index is 0. The first kappa shape index (κ1) is 24.0. The van der Waals surface area contributed by atoms with Crippen LogP contribution in [-0.2, 0) is 16.4 Å². The molecule has 1 heterocycles. The molecule has 0 radical (unpaired) electrons. The highest BCUT2D eigenvalue weighted by Gasteiger charge is 2.09. The lowest BCUT2D eigenvalue weighted by molar-refractivity contribution is 0.319. The van der Waals surface area contributed by atoms with Gasteiger partial charge in [-0.1, -0.05) is 11.6 Å². The molecule has 6 nitrogen and oxygen atoms in total. The van der Waals surface area contributed by atoms with Crippen molar-refractivity contribution in [2.75, 3.05) is 33.5 Å².